The summed E-state index contributed by atoms with van der Waals surface area (Å²) in [5.41, 5.74) is 5.68. The van der Waals surface area contributed by atoms with Crippen molar-refractivity contribution in [1.29, 1.82) is 0 Å². The van der Waals surface area contributed by atoms with Crippen LogP contribution in [0.4, 0.5) is 4.39 Å². The molecular weight excluding hydrogens is 310 g/mol. The predicted molar refractivity (Wildman–Crippen MR) is 65.1 cm³/mol. The van der Waals surface area contributed by atoms with Gasteiger partial charge in [0.1, 0.15) is 5.82 Å². The Bertz CT molecular complexity index is 370. The van der Waals surface area contributed by atoms with Crippen LogP contribution in [0.5, 0.6) is 0 Å². The molecule has 0 spiro atoms. The van der Waals surface area contributed by atoms with Gasteiger partial charge in [-0.1, -0.05) is 0 Å². The van der Waals surface area contributed by atoms with Crippen LogP contribution >= 0.6 is 22.6 Å². The lowest BCUT2D eigenvalue weighted by Crippen LogP contribution is -2.37. The zero-order valence-electron chi connectivity index (χ0n) is 8.26. The number of nitrogens with one attached hydrogen (secondary N) is 1. The van der Waals surface area contributed by atoms with E-state index in [1.165, 1.54) is 6.07 Å². The molecule has 1 amide bonds. The van der Waals surface area contributed by atoms with Crippen molar-refractivity contribution >= 4 is 28.5 Å². The Labute approximate surface area is 101 Å². The fourth-order valence-corrected chi connectivity index (χ4v) is 1.34. The average molecular weight is 322 g/mol. The van der Waals surface area contributed by atoms with Gasteiger partial charge in [0.05, 0.1) is 0 Å². The summed E-state index contributed by atoms with van der Waals surface area (Å²) in [6.07, 6.45) is 0. The summed E-state index contributed by atoms with van der Waals surface area (Å²) in [5, 5.41) is 2.66. The van der Waals surface area contributed by atoms with Crippen LogP contribution in [-0.2, 0) is 0 Å². The highest BCUT2D eigenvalue weighted by Gasteiger charge is 2.10. The molecule has 3 nitrogen and oxygen atoms in total. The summed E-state index contributed by atoms with van der Waals surface area (Å²) in [6, 6.07) is 4.27. The molecule has 1 aromatic carbocycles. The Morgan fingerprint density at radius 2 is 2.33 bits per heavy atom. The molecule has 5 heteroatoms. The van der Waals surface area contributed by atoms with Crippen LogP contribution in [0.3, 0.4) is 0 Å². The zero-order chi connectivity index (χ0) is 11.4. The summed E-state index contributed by atoms with van der Waals surface area (Å²) in [6.45, 7) is 2.15. The van der Waals surface area contributed by atoms with Crippen molar-refractivity contribution in [3.8, 4) is 0 Å². The summed E-state index contributed by atoms with van der Waals surface area (Å²) >= 11 is 1.87. The van der Waals surface area contributed by atoms with Gasteiger partial charge in [-0.2, -0.15) is 0 Å². The second-order valence-electron chi connectivity index (χ2n) is 3.24. The molecule has 0 aliphatic rings. The first-order valence-electron chi connectivity index (χ1n) is 4.50. The van der Waals surface area contributed by atoms with E-state index >= 15 is 0 Å². The molecule has 15 heavy (non-hydrogen) atoms. The Morgan fingerprint density at radius 3 is 2.87 bits per heavy atom. The highest BCUT2D eigenvalue weighted by molar-refractivity contribution is 14.1. The zero-order valence-corrected chi connectivity index (χ0v) is 10.4. The van der Waals surface area contributed by atoms with Gasteiger partial charge >= 0.3 is 0 Å². The van der Waals surface area contributed by atoms with Gasteiger partial charge in [0, 0.05) is 21.7 Å². The summed E-state index contributed by atoms with van der Waals surface area (Å²) in [5.74, 6) is -0.688. The molecule has 0 aliphatic carbocycles. The third kappa shape index (κ3) is 3.42. The number of hydrogen-bond donors (Lipinski definition) is 2. The van der Waals surface area contributed by atoms with Crippen LogP contribution in [0.15, 0.2) is 18.2 Å². The lowest BCUT2D eigenvalue weighted by Gasteiger charge is -2.11. The first-order chi connectivity index (χ1) is 7.04. The minimum Gasteiger partial charge on any atom is -0.348 e. The smallest absolute Gasteiger partial charge is 0.251 e. The van der Waals surface area contributed by atoms with E-state index in [1.807, 2.05) is 22.6 Å². The highest BCUT2D eigenvalue weighted by Crippen LogP contribution is 2.12. The molecule has 1 atom stereocenters. The molecule has 0 bridgehead atoms. The average Bonchev–Trinajstić information content (AvgIpc) is 2.21. The van der Waals surface area contributed by atoms with Gasteiger partial charge in [-0.05, 0) is 47.7 Å². The topological polar surface area (TPSA) is 55.1 Å². The molecule has 0 heterocycles. The van der Waals surface area contributed by atoms with E-state index in [0.717, 1.165) is 0 Å². The van der Waals surface area contributed by atoms with Crippen molar-refractivity contribution in [2.75, 3.05) is 6.54 Å². The van der Waals surface area contributed by atoms with Crippen molar-refractivity contribution in [3.63, 3.8) is 0 Å². The van der Waals surface area contributed by atoms with Crippen molar-refractivity contribution in [1.82, 2.24) is 5.32 Å². The van der Waals surface area contributed by atoms with Gasteiger partial charge in [-0.25, -0.2) is 4.39 Å². The fourth-order valence-electron chi connectivity index (χ4n) is 1.00. The molecule has 82 valence electrons. The standard InChI is InChI=1S/C10H12FIN2O/c1-6(5-13)14-10(15)7-2-3-9(12)8(11)4-7/h2-4,6H,5,13H2,1H3,(H,14,15)/t6-/m1/s1. The number of benzene rings is 1. The molecular formula is C10H12FIN2O. The molecule has 0 aromatic heterocycles. The lowest BCUT2D eigenvalue weighted by molar-refractivity contribution is 0.0941. The number of rotatable bonds is 3. The number of hydrogen-bond acceptors (Lipinski definition) is 2. The van der Waals surface area contributed by atoms with Crippen molar-refractivity contribution in [2.45, 2.75) is 13.0 Å². The second-order valence-corrected chi connectivity index (χ2v) is 4.40. The van der Waals surface area contributed by atoms with Gasteiger partial charge in [0.15, 0.2) is 0 Å². The minimum atomic E-state index is -0.386. The SMILES string of the molecule is C[C@H](CN)NC(=O)c1ccc(I)c(F)c1. The number of nitrogens with two attached hydrogens (primary N) is 1. The monoisotopic (exact) mass is 322 g/mol. The normalized spacial score (nSPS) is 12.3. The van der Waals surface area contributed by atoms with E-state index in [-0.39, 0.29) is 17.8 Å². The Morgan fingerprint density at radius 1 is 1.67 bits per heavy atom. The van der Waals surface area contributed by atoms with Gasteiger partial charge in [-0.3, -0.25) is 4.79 Å². The van der Waals surface area contributed by atoms with E-state index in [0.29, 0.717) is 15.7 Å². The molecule has 0 saturated carbocycles. The van der Waals surface area contributed by atoms with Gasteiger partial charge < -0.3 is 11.1 Å². The summed E-state index contributed by atoms with van der Waals surface area (Å²) < 4.78 is 13.6. The maximum atomic E-state index is 13.1. The van der Waals surface area contributed by atoms with Crippen LogP contribution in [0.25, 0.3) is 0 Å². The van der Waals surface area contributed by atoms with E-state index < -0.39 is 0 Å². The molecule has 0 saturated heterocycles. The summed E-state index contributed by atoms with van der Waals surface area (Å²) in [7, 11) is 0. The van der Waals surface area contributed by atoms with Crippen molar-refractivity contribution < 1.29 is 9.18 Å². The van der Waals surface area contributed by atoms with E-state index in [1.54, 1.807) is 19.1 Å². The van der Waals surface area contributed by atoms with E-state index in [2.05, 4.69) is 5.32 Å². The second kappa shape index (κ2) is 5.41. The van der Waals surface area contributed by atoms with Crippen molar-refractivity contribution in [2.24, 2.45) is 5.73 Å². The van der Waals surface area contributed by atoms with Crippen LogP contribution < -0.4 is 11.1 Å². The lowest BCUT2D eigenvalue weighted by atomic mass is 10.2. The highest BCUT2D eigenvalue weighted by atomic mass is 127. The van der Waals surface area contributed by atoms with E-state index in [9.17, 15) is 9.18 Å². The minimum absolute atomic E-state index is 0.111. The first-order valence-corrected chi connectivity index (χ1v) is 5.58. The number of carbonyl (C=O) groups excluding carboxylic acids is 1. The molecule has 3 N–H and O–H groups in total. The third-order valence-corrected chi connectivity index (χ3v) is 2.79. The third-order valence-electron chi connectivity index (χ3n) is 1.91. The predicted octanol–water partition coefficient (Wildman–Crippen LogP) is 1.51. The van der Waals surface area contributed by atoms with Gasteiger partial charge in [-0.15, -0.1) is 0 Å². The molecule has 0 unspecified atom stereocenters. The summed E-state index contributed by atoms with van der Waals surface area (Å²) in [4.78, 5) is 11.5. The number of amides is 1. The van der Waals surface area contributed by atoms with Crippen LogP contribution in [0.1, 0.15) is 17.3 Å². The Kier molecular flexibility index (Phi) is 4.46. The number of halogens is 2. The first kappa shape index (κ1) is 12.4. The molecule has 0 fully saturated rings. The molecule has 1 rings (SSSR count). The van der Waals surface area contributed by atoms with Crippen LogP contribution in [0, 0.1) is 9.39 Å². The maximum Gasteiger partial charge on any atom is 0.251 e. The van der Waals surface area contributed by atoms with Gasteiger partial charge in [0.25, 0.3) is 5.91 Å². The largest absolute Gasteiger partial charge is 0.348 e. The fraction of sp³-hybridized carbons (Fsp3) is 0.300. The van der Waals surface area contributed by atoms with Gasteiger partial charge in [0.2, 0.25) is 0 Å². The Balaban J connectivity index is 2.78. The quantitative estimate of drug-likeness (QED) is 0.829. The van der Waals surface area contributed by atoms with E-state index in [4.69, 9.17) is 5.73 Å². The van der Waals surface area contributed by atoms with Crippen LogP contribution in [0.2, 0.25) is 0 Å². The Hall–Kier alpha value is -0.690. The van der Waals surface area contributed by atoms with Crippen molar-refractivity contribution in [3.05, 3.63) is 33.1 Å². The number of carbonyl (C=O) groups is 1. The molecule has 0 aliphatic heterocycles. The molecule has 1 aromatic rings. The maximum absolute atomic E-state index is 13.1. The van der Waals surface area contributed by atoms with Crippen LogP contribution in [-0.4, -0.2) is 18.5 Å². The molecule has 0 radical (unpaired) electrons.